The Bertz CT molecular complexity index is 319. The predicted molar refractivity (Wildman–Crippen MR) is 55.5 cm³/mol. The number of carbonyl (C=O) groups excluding carboxylic acids is 1. The van der Waals surface area contributed by atoms with Gasteiger partial charge in [-0.15, -0.1) is 0 Å². The van der Waals surface area contributed by atoms with Crippen LogP contribution >= 0.6 is 15.9 Å². The van der Waals surface area contributed by atoms with Gasteiger partial charge >= 0.3 is 0 Å². The van der Waals surface area contributed by atoms with E-state index in [9.17, 15) is 4.79 Å². The lowest BCUT2D eigenvalue weighted by atomic mass is 10.2. The Labute approximate surface area is 84.7 Å². The monoisotopic (exact) mass is 240 g/mol. The van der Waals surface area contributed by atoms with Crippen molar-refractivity contribution in [3.8, 4) is 0 Å². The molecule has 1 aromatic rings. The first-order valence-electron chi connectivity index (χ1n) is 3.66. The Morgan fingerprint density at radius 2 is 2.00 bits per heavy atom. The van der Waals surface area contributed by atoms with E-state index in [2.05, 4.69) is 15.9 Å². The molecule has 3 nitrogen and oxygen atoms in total. The van der Waals surface area contributed by atoms with Crippen LogP contribution in [-0.2, 0) is 4.79 Å². The fourth-order valence-electron chi connectivity index (χ4n) is 0.794. The van der Waals surface area contributed by atoms with Crippen LogP contribution in [0.1, 0.15) is 5.56 Å². The molecule has 3 N–H and O–H groups in total. The summed E-state index contributed by atoms with van der Waals surface area (Å²) in [6.07, 6.45) is 3.07. The Morgan fingerprint density at radius 3 is 2.54 bits per heavy atom. The molecule has 0 fully saturated rings. The van der Waals surface area contributed by atoms with Gasteiger partial charge < -0.3 is 0 Å². The summed E-state index contributed by atoms with van der Waals surface area (Å²) in [5.41, 5.74) is 2.96. The number of rotatable bonds is 2. The van der Waals surface area contributed by atoms with Gasteiger partial charge in [0, 0.05) is 10.5 Å². The summed E-state index contributed by atoms with van der Waals surface area (Å²) in [6.45, 7) is 0. The normalized spacial score (nSPS) is 10.3. The summed E-state index contributed by atoms with van der Waals surface area (Å²) in [7, 11) is 0. The number of hydrazine groups is 1. The van der Waals surface area contributed by atoms with E-state index in [0.717, 1.165) is 10.0 Å². The average Bonchev–Trinajstić information content (AvgIpc) is 2.16. The molecule has 0 saturated heterocycles. The third kappa shape index (κ3) is 3.40. The Morgan fingerprint density at radius 1 is 1.38 bits per heavy atom. The van der Waals surface area contributed by atoms with Gasteiger partial charge in [0.15, 0.2) is 0 Å². The highest BCUT2D eigenvalue weighted by Gasteiger charge is 1.90. The van der Waals surface area contributed by atoms with Gasteiger partial charge in [0.1, 0.15) is 0 Å². The van der Waals surface area contributed by atoms with Crippen LogP contribution < -0.4 is 11.3 Å². The van der Waals surface area contributed by atoms with Crippen LogP contribution in [0, 0.1) is 0 Å². The number of nitrogens with one attached hydrogen (secondary N) is 1. The molecule has 68 valence electrons. The minimum absolute atomic E-state index is 0.317. The van der Waals surface area contributed by atoms with Crippen molar-refractivity contribution in [3.63, 3.8) is 0 Å². The zero-order valence-electron chi connectivity index (χ0n) is 6.83. The van der Waals surface area contributed by atoms with E-state index >= 15 is 0 Å². The van der Waals surface area contributed by atoms with Crippen molar-refractivity contribution in [3.05, 3.63) is 40.4 Å². The maximum absolute atomic E-state index is 10.7. The van der Waals surface area contributed by atoms with Crippen molar-refractivity contribution >= 4 is 27.9 Å². The molecule has 1 amide bonds. The molecule has 4 heteroatoms. The van der Waals surface area contributed by atoms with Crippen LogP contribution in [0.2, 0.25) is 0 Å². The van der Waals surface area contributed by atoms with E-state index in [1.54, 1.807) is 6.08 Å². The fraction of sp³-hybridized carbons (Fsp3) is 0. The molecule has 0 atom stereocenters. The average molecular weight is 241 g/mol. The molecule has 1 aromatic carbocycles. The predicted octanol–water partition coefficient (Wildman–Crippen LogP) is 1.45. The highest BCUT2D eigenvalue weighted by Crippen LogP contribution is 2.11. The standard InChI is InChI=1S/C9H9BrN2O/c10-8-4-1-7(2-5-8)3-6-9(13)12-11/h1-6H,11H2,(H,12,13)/b6-3+. The Kier molecular flexibility index (Phi) is 3.67. The maximum Gasteiger partial charge on any atom is 0.257 e. The summed E-state index contributed by atoms with van der Waals surface area (Å²) in [5.74, 6) is 4.59. The summed E-state index contributed by atoms with van der Waals surface area (Å²) in [5, 5.41) is 0. The van der Waals surface area contributed by atoms with Crippen molar-refractivity contribution in [2.24, 2.45) is 5.84 Å². The van der Waals surface area contributed by atoms with Crippen molar-refractivity contribution in [1.29, 1.82) is 0 Å². The second-order valence-corrected chi connectivity index (χ2v) is 3.31. The largest absolute Gasteiger partial charge is 0.291 e. The van der Waals surface area contributed by atoms with Crippen LogP contribution in [0.15, 0.2) is 34.8 Å². The molecule has 0 aliphatic rings. The van der Waals surface area contributed by atoms with Gasteiger partial charge in [0.05, 0.1) is 0 Å². The van der Waals surface area contributed by atoms with Gasteiger partial charge in [-0.1, -0.05) is 28.1 Å². The van der Waals surface area contributed by atoms with Crippen molar-refractivity contribution in [2.75, 3.05) is 0 Å². The summed E-state index contributed by atoms with van der Waals surface area (Å²) in [4.78, 5) is 10.7. The van der Waals surface area contributed by atoms with Crippen LogP contribution in [-0.4, -0.2) is 5.91 Å². The topological polar surface area (TPSA) is 55.1 Å². The van der Waals surface area contributed by atoms with E-state index < -0.39 is 0 Å². The van der Waals surface area contributed by atoms with Gasteiger partial charge in [-0.2, -0.15) is 0 Å². The van der Waals surface area contributed by atoms with E-state index in [-0.39, 0.29) is 5.91 Å². The Hall–Kier alpha value is -1.13. The molecule has 0 bridgehead atoms. The van der Waals surface area contributed by atoms with E-state index in [1.165, 1.54) is 6.08 Å². The van der Waals surface area contributed by atoms with Crippen molar-refractivity contribution < 1.29 is 4.79 Å². The molecule has 0 saturated carbocycles. The third-order valence-corrected chi connectivity index (χ3v) is 1.97. The first-order valence-corrected chi connectivity index (χ1v) is 4.46. The van der Waals surface area contributed by atoms with Gasteiger partial charge in [0.25, 0.3) is 5.91 Å². The molecular formula is C9H9BrN2O. The number of amides is 1. The molecule has 0 radical (unpaired) electrons. The summed E-state index contributed by atoms with van der Waals surface area (Å²) < 4.78 is 1.01. The van der Waals surface area contributed by atoms with E-state index in [0.29, 0.717) is 0 Å². The lowest BCUT2D eigenvalue weighted by molar-refractivity contribution is -0.116. The minimum atomic E-state index is -0.317. The SMILES string of the molecule is NNC(=O)/C=C/c1ccc(Br)cc1. The quantitative estimate of drug-likeness (QED) is 0.356. The van der Waals surface area contributed by atoms with Gasteiger partial charge in [-0.05, 0) is 23.8 Å². The van der Waals surface area contributed by atoms with E-state index in [1.807, 2.05) is 29.7 Å². The van der Waals surface area contributed by atoms with Gasteiger partial charge in [0.2, 0.25) is 0 Å². The third-order valence-electron chi connectivity index (χ3n) is 1.44. The molecule has 0 heterocycles. The molecular weight excluding hydrogens is 232 g/mol. The van der Waals surface area contributed by atoms with E-state index in [4.69, 9.17) is 5.84 Å². The first-order chi connectivity index (χ1) is 6.22. The molecule has 13 heavy (non-hydrogen) atoms. The molecule has 1 rings (SSSR count). The first kappa shape index (κ1) is 9.95. The molecule has 0 unspecified atom stereocenters. The highest BCUT2D eigenvalue weighted by atomic mass is 79.9. The number of nitrogens with two attached hydrogens (primary N) is 1. The molecule has 0 aliphatic carbocycles. The molecule has 0 aliphatic heterocycles. The zero-order chi connectivity index (χ0) is 9.68. The number of carbonyl (C=O) groups is 1. The second-order valence-electron chi connectivity index (χ2n) is 2.39. The van der Waals surface area contributed by atoms with Crippen molar-refractivity contribution in [1.82, 2.24) is 5.43 Å². The smallest absolute Gasteiger partial charge is 0.257 e. The number of hydrogen-bond donors (Lipinski definition) is 2. The van der Waals surface area contributed by atoms with Crippen molar-refractivity contribution in [2.45, 2.75) is 0 Å². The minimum Gasteiger partial charge on any atom is -0.291 e. The zero-order valence-corrected chi connectivity index (χ0v) is 8.41. The van der Waals surface area contributed by atoms with Crippen LogP contribution in [0.5, 0.6) is 0 Å². The van der Waals surface area contributed by atoms with Crippen LogP contribution in [0.4, 0.5) is 0 Å². The summed E-state index contributed by atoms with van der Waals surface area (Å²) >= 11 is 3.32. The lowest BCUT2D eigenvalue weighted by Crippen LogP contribution is -2.27. The Balaban J connectivity index is 2.69. The molecule has 0 spiro atoms. The maximum atomic E-state index is 10.7. The van der Waals surface area contributed by atoms with Gasteiger partial charge in [-0.25, -0.2) is 5.84 Å². The lowest BCUT2D eigenvalue weighted by Gasteiger charge is -1.93. The van der Waals surface area contributed by atoms with Crippen LogP contribution in [0.3, 0.4) is 0 Å². The second kappa shape index (κ2) is 4.79. The van der Waals surface area contributed by atoms with Crippen LogP contribution in [0.25, 0.3) is 6.08 Å². The number of halogens is 1. The summed E-state index contributed by atoms with van der Waals surface area (Å²) in [6, 6.07) is 7.59. The number of benzene rings is 1. The fourth-order valence-corrected chi connectivity index (χ4v) is 1.06. The number of hydrogen-bond acceptors (Lipinski definition) is 2. The highest BCUT2D eigenvalue weighted by molar-refractivity contribution is 9.10. The van der Waals surface area contributed by atoms with Gasteiger partial charge in [-0.3, -0.25) is 10.2 Å². The molecule has 0 aromatic heterocycles.